The van der Waals surface area contributed by atoms with Gasteiger partial charge in [0.1, 0.15) is 0 Å². The molecule has 0 saturated carbocycles. The molecular weight excluding hydrogens is 294 g/mol. The molecule has 0 atom stereocenters. The number of piperazine rings is 1. The molecule has 122 valence electrons. The molecule has 0 aromatic carbocycles. The molecule has 0 aromatic heterocycles. The van der Waals surface area contributed by atoms with E-state index in [-0.39, 0.29) is 0 Å². The highest BCUT2D eigenvalue weighted by molar-refractivity contribution is 7.86. The second-order valence-corrected chi connectivity index (χ2v) is 7.73. The summed E-state index contributed by atoms with van der Waals surface area (Å²) in [6, 6.07) is 0.562. The van der Waals surface area contributed by atoms with Gasteiger partial charge in [-0.25, -0.2) is 0 Å². The van der Waals surface area contributed by atoms with Crippen LogP contribution in [-0.4, -0.2) is 93.7 Å². The average molecular weight is 319 g/mol. The van der Waals surface area contributed by atoms with E-state index >= 15 is 0 Å². The molecule has 0 aromatic rings. The third-order valence-electron chi connectivity index (χ3n) is 4.60. The van der Waals surface area contributed by atoms with Crippen molar-refractivity contribution in [3.05, 3.63) is 0 Å². The molecule has 21 heavy (non-hydrogen) atoms. The molecule has 3 rings (SSSR count). The van der Waals surface area contributed by atoms with Crippen molar-refractivity contribution in [3.63, 3.8) is 0 Å². The van der Waals surface area contributed by atoms with Crippen molar-refractivity contribution < 1.29 is 17.9 Å². The van der Waals surface area contributed by atoms with Crippen LogP contribution in [0.1, 0.15) is 12.8 Å². The van der Waals surface area contributed by atoms with Crippen LogP contribution in [-0.2, 0) is 19.7 Å². The lowest BCUT2D eigenvalue weighted by atomic mass is 10.1. The minimum atomic E-state index is -3.30. The van der Waals surface area contributed by atoms with Gasteiger partial charge in [0.25, 0.3) is 10.2 Å². The maximum absolute atomic E-state index is 12.6. The lowest BCUT2D eigenvalue weighted by Crippen LogP contribution is -2.57. The van der Waals surface area contributed by atoms with Gasteiger partial charge >= 0.3 is 0 Å². The van der Waals surface area contributed by atoms with Crippen molar-refractivity contribution in [3.8, 4) is 0 Å². The summed E-state index contributed by atoms with van der Waals surface area (Å²) in [6.45, 7) is 6.46. The summed E-state index contributed by atoms with van der Waals surface area (Å²) in [4.78, 5) is 2.42. The monoisotopic (exact) mass is 319 g/mol. The van der Waals surface area contributed by atoms with E-state index in [0.29, 0.717) is 45.4 Å². The highest BCUT2D eigenvalue weighted by atomic mass is 32.2. The number of morpholine rings is 1. The van der Waals surface area contributed by atoms with Crippen LogP contribution in [0.25, 0.3) is 0 Å². The molecule has 0 N–H and O–H groups in total. The Morgan fingerprint density at radius 2 is 1.24 bits per heavy atom. The average Bonchev–Trinajstić information content (AvgIpc) is 2.57. The van der Waals surface area contributed by atoms with E-state index in [9.17, 15) is 8.42 Å². The highest BCUT2D eigenvalue weighted by Crippen LogP contribution is 2.19. The Kier molecular flexibility index (Phi) is 5.13. The second-order valence-electron chi connectivity index (χ2n) is 5.80. The minimum absolute atomic E-state index is 0.475. The van der Waals surface area contributed by atoms with Crippen molar-refractivity contribution in [2.24, 2.45) is 0 Å². The highest BCUT2D eigenvalue weighted by Gasteiger charge is 2.34. The number of nitrogens with zero attached hydrogens (tertiary/aromatic N) is 3. The molecule has 0 unspecified atom stereocenters. The van der Waals surface area contributed by atoms with Gasteiger partial charge in [-0.15, -0.1) is 0 Å². The second kappa shape index (κ2) is 6.89. The first kappa shape index (κ1) is 15.6. The van der Waals surface area contributed by atoms with Crippen LogP contribution in [0.4, 0.5) is 0 Å². The van der Waals surface area contributed by atoms with E-state index in [4.69, 9.17) is 9.47 Å². The van der Waals surface area contributed by atoms with Crippen LogP contribution in [0.5, 0.6) is 0 Å². The Morgan fingerprint density at radius 1 is 0.714 bits per heavy atom. The summed E-state index contributed by atoms with van der Waals surface area (Å²) in [7, 11) is -3.30. The smallest absolute Gasteiger partial charge is 0.282 e. The molecular formula is C13H25N3O4S. The molecule has 0 bridgehead atoms. The van der Waals surface area contributed by atoms with Gasteiger partial charge in [-0.3, -0.25) is 4.90 Å². The molecule has 3 aliphatic rings. The van der Waals surface area contributed by atoms with E-state index in [1.165, 1.54) is 0 Å². The molecule has 0 amide bonds. The molecule has 3 saturated heterocycles. The van der Waals surface area contributed by atoms with Crippen LogP contribution in [0.2, 0.25) is 0 Å². The summed E-state index contributed by atoms with van der Waals surface area (Å²) < 4.78 is 39.0. The van der Waals surface area contributed by atoms with E-state index < -0.39 is 10.2 Å². The van der Waals surface area contributed by atoms with Crippen molar-refractivity contribution in [1.29, 1.82) is 0 Å². The van der Waals surface area contributed by atoms with Crippen molar-refractivity contribution in [2.45, 2.75) is 18.9 Å². The van der Waals surface area contributed by atoms with E-state index in [1.807, 2.05) is 0 Å². The normalized spacial score (nSPS) is 28.8. The number of rotatable bonds is 3. The molecule has 3 fully saturated rings. The molecule has 0 aliphatic carbocycles. The molecule has 0 radical (unpaired) electrons. The Hall–Kier alpha value is -0.250. The lowest BCUT2D eigenvalue weighted by molar-refractivity contribution is 0.0214. The fourth-order valence-electron chi connectivity index (χ4n) is 3.29. The predicted octanol–water partition coefficient (Wildman–Crippen LogP) is -0.640. The molecule has 3 aliphatic heterocycles. The first-order valence-corrected chi connectivity index (χ1v) is 9.22. The van der Waals surface area contributed by atoms with Crippen LogP contribution < -0.4 is 0 Å². The number of hydrogen-bond donors (Lipinski definition) is 0. The maximum Gasteiger partial charge on any atom is 0.282 e. The maximum atomic E-state index is 12.6. The molecule has 8 heteroatoms. The summed E-state index contributed by atoms with van der Waals surface area (Å²) in [5.74, 6) is 0. The van der Waals surface area contributed by atoms with Crippen molar-refractivity contribution in [1.82, 2.24) is 13.5 Å². The first-order chi connectivity index (χ1) is 10.2. The van der Waals surface area contributed by atoms with E-state index in [1.54, 1.807) is 8.61 Å². The first-order valence-electron chi connectivity index (χ1n) is 7.83. The van der Waals surface area contributed by atoms with Crippen LogP contribution in [0, 0.1) is 0 Å². The Balaban J connectivity index is 1.54. The van der Waals surface area contributed by atoms with Crippen LogP contribution in [0.15, 0.2) is 0 Å². The third-order valence-corrected chi connectivity index (χ3v) is 6.64. The zero-order valence-corrected chi connectivity index (χ0v) is 13.3. The standard InChI is InChI=1S/C13H25N3O4S/c17-21(18,16-7-11-20-12-8-16)15-5-3-14(4-6-15)13-1-9-19-10-2-13/h13H,1-12H2. The molecule has 7 nitrogen and oxygen atoms in total. The van der Waals surface area contributed by atoms with Gasteiger partial charge in [-0.05, 0) is 12.8 Å². The van der Waals surface area contributed by atoms with Crippen molar-refractivity contribution >= 4 is 10.2 Å². The largest absolute Gasteiger partial charge is 0.381 e. The predicted molar refractivity (Wildman–Crippen MR) is 78.3 cm³/mol. The summed E-state index contributed by atoms with van der Waals surface area (Å²) in [5.41, 5.74) is 0. The zero-order valence-electron chi connectivity index (χ0n) is 12.4. The topological polar surface area (TPSA) is 62.3 Å². The van der Waals surface area contributed by atoms with Gasteiger partial charge in [-0.2, -0.15) is 17.0 Å². The van der Waals surface area contributed by atoms with Gasteiger partial charge < -0.3 is 9.47 Å². The fourth-order valence-corrected chi connectivity index (χ4v) is 4.85. The summed E-state index contributed by atoms with van der Waals surface area (Å²) in [6.07, 6.45) is 2.13. The fraction of sp³-hybridized carbons (Fsp3) is 1.00. The van der Waals surface area contributed by atoms with Gasteiger partial charge in [0.05, 0.1) is 13.2 Å². The summed E-state index contributed by atoms with van der Waals surface area (Å²) >= 11 is 0. The Bertz CT molecular complexity index is 425. The van der Waals surface area contributed by atoms with Crippen LogP contribution >= 0.6 is 0 Å². The Morgan fingerprint density at radius 3 is 1.86 bits per heavy atom. The van der Waals surface area contributed by atoms with Gasteiger partial charge in [0, 0.05) is 58.5 Å². The lowest BCUT2D eigenvalue weighted by Gasteiger charge is -2.41. The Labute approximate surface area is 127 Å². The van der Waals surface area contributed by atoms with Crippen LogP contribution in [0.3, 0.4) is 0 Å². The molecule has 3 heterocycles. The third kappa shape index (κ3) is 3.57. The van der Waals surface area contributed by atoms with E-state index in [0.717, 1.165) is 39.1 Å². The van der Waals surface area contributed by atoms with E-state index in [2.05, 4.69) is 4.90 Å². The zero-order chi connectivity index (χ0) is 14.7. The van der Waals surface area contributed by atoms with Gasteiger partial charge in [0.2, 0.25) is 0 Å². The minimum Gasteiger partial charge on any atom is -0.381 e. The number of ether oxygens (including phenoxy) is 2. The number of hydrogen-bond acceptors (Lipinski definition) is 5. The SMILES string of the molecule is O=S(=O)(N1CCOCC1)N1CCN(C2CCOCC2)CC1. The van der Waals surface area contributed by atoms with Gasteiger partial charge in [-0.1, -0.05) is 0 Å². The van der Waals surface area contributed by atoms with Crippen molar-refractivity contribution in [2.75, 3.05) is 65.7 Å². The molecule has 0 spiro atoms. The quantitative estimate of drug-likeness (QED) is 0.692. The summed E-state index contributed by atoms with van der Waals surface area (Å²) in [5, 5.41) is 0. The van der Waals surface area contributed by atoms with Gasteiger partial charge in [0.15, 0.2) is 0 Å².